The van der Waals surface area contributed by atoms with Crippen molar-refractivity contribution in [2.24, 2.45) is 10.7 Å². The van der Waals surface area contributed by atoms with Crippen molar-refractivity contribution in [2.45, 2.75) is 6.04 Å². The second-order valence-electron chi connectivity index (χ2n) is 2.69. The minimum Gasteiger partial charge on any atom is -0.370 e. The number of hydrogen-bond donors (Lipinski definition) is 2. The molecule has 1 aromatic rings. The second kappa shape index (κ2) is 3.59. The Labute approximate surface area is 96.7 Å². The van der Waals surface area contributed by atoms with Gasteiger partial charge >= 0.3 is 0 Å². The van der Waals surface area contributed by atoms with Crippen molar-refractivity contribution >= 4 is 49.2 Å². The Bertz CT molecular complexity index is 341. The van der Waals surface area contributed by atoms with E-state index in [1.54, 1.807) is 11.3 Å². The Hall–Kier alpha value is -0.0700. The minimum absolute atomic E-state index is 0.243. The molecule has 2 rings (SSSR count). The molecule has 13 heavy (non-hydrogen) atoms. The molecule has 1 unspecified atom stereocenters. The molecule has 0 spiro atoms. The molecule has 2 heterocycles. The fourth-order valence-corrected chi connectivity index (χ4v) is 3.29. The van der Waals surface area contributed by atoms with Gasteiger partial charge in [0, 0.05) is 9.35 Å². The molecule has 1 aliphatic rings. The lowest BCUT2D eigenvalue weighted by molar-refractivity contribution is 0.721. The van der Waals surface area contributed by atoms with E-state index >= 15 is 0 Å². The quantitative estimate of drug-likeness (QED) is 0.832. The maximum Gasteiger partial charge on any atom is 0.189 e. The molecule has 0 aliphatic carbocycles. The van der Waals surface area contributed by atoms with E-state index in [9.17, 15) is 0 Å². The first kappa shape index (κ1) is 9.48. The van der Waals surface area contributed by atoms with Crippen LogP contribution in [0, 0.1) is 0 Å². The van der Waals surface area contributed by atoms with Crippen LogP contribution in [0.25, 0.3) is 0 Å². The first-order valence-corrected chi connectivity index (χ1v) is 6.08. The average Bonchev–Trinajstić information content (AvgIpc) is 2.61. The van der Waals surface area contributed by atoms with Gasteiger partial charge in [-0.05, 0) is 37.9 Å². The highest BCUT2D eigenvalue weighted by Gasteiger charge is 2.19. The van der Waals surface area contributed by atoms with Crippen LogP contribution in [0.3, 0.4) is 0 Å². The minimum atomic E-state index is 0.243. The molecule has 0 aromatic carbocycles. The van der Waals surface area contributed by atoms with Crippen molar-refractivity contribution < 1.29 is 0 Å². The Morgan fingerprint density at radius 3 is 2.85 bits per heavy atom. The second-order valence-corrected chi connectivity index (χ2v) is 5.95. The lowest BCUT2D eigenvalue weighted by atomic mass is 10.2. The Kier molecular flexibility index (Phi) is 2.62. The van der Waals surface area contributed by atoms with Crippen molar-refractivity contribution in [3.63, 3.8) is 0 Å². The fraction of sp³-hybridized carbons (Fsp3) is 0.286. The summed E-state index contributed by atoms with van der Waals surface area (Å²) < 4.78 is 2.19. The first-order valence-electron chi connectivity index (χ1n) is 3.68. The Morgan fingerprint density at radius 1 is 1.62 bits per heavy atom. The zero-order valence-corrected chi connectivity index (χ0v) is 10.5. The van der Waals surface area contributed by atoms with Crippen LogP contribution < -0.4 is 11.1 Å². The molecule has 0 radical (unpaired) electrons. The molecule has 1 atom stereocenters. The third kappa shape index (κ3) is 1.89. The van der Waals surface area contributed by atoms with Gasteiger partial charge in [0.05, 0.1) is 16.4 Å². The van der Waals surface area contributed by atoms with E-state index in [-0.39, 0.29) is 6.04 Å². The van der Waals surface area contributed by atoms with Crippen LogP contribution >= 0.6 is 43.2 Å². The average molecular weight is 325 g/mol. The van der Waals surface area contributed by atoms with Crippen LogP contribution in [0.15, 0.2) is 19.3 Å². The summed E-state index contributed by atoms with van der Waals surface area (Å²) >= 11 is 8.59. The van der Waals surface area contributed by atoms with Gasteiger partial charge in [0.2, 0.25) is 0 Å². The van der Waals surface area contributed by atoms with Gasteiger partial charge in [0.1, 0.15) is 0 Å². The van der Waals surface area contributed by atoms with Gasteiger partial charge in [0.15, 0.2) is 5.96 Å². The van der Waals surface area contributed by atoms with Gasteiger partial charge in [-0.3, -0.25) is 4.99 Å². The number of thiophene rings is 1. The van der Waals surface area contributed by atoms with Gasteiger partial charge in [-0.15, -0.1) is 11.3 Å². The van der Waals surface area contributed by atoms with Crippen LogP contribution in [-0.4, -0.2) is 12.5 Å². The van der Waals surface area contributed by atoms with Crippen LogP contribution in [0.1, 0.15) is 10.9 Å². The summed E-state index contributed by atoms with van der Waals surface area (Å²) in [6.07, 6.45) is 0. The van der Waals surface area contributed by atoms with Crippen molar-refractivity contribution in [3.8, 4) is 0 Å². The molecule has 3 nitrogen and oxygen atoms in total. The topological polar surface area (TPSA) is 50.4 Å². The third-order valence-corrected chi connectivity index (χ3v) is 5.14. The maximum atomic E-state index is 5.53. The highest BCUT2D eigenvalue weighted by Crippen LogP contribution is 2.36. The van der Waals surface area contributed by atoms with Gasteiger partial charge in [-0.2, -0.15) is 0 Å². The Balaban J connectivity index is 2.19. The van der Waals surface area contributed by atoms with Gasteiger partial charge < -0.3 is 11.1 Å². The SMILES string of the molecule is NC1=NCC(c2cc(Br)c(Br)s2)N1. The number of nitrogens with zero attached hydrogens (tertiary/aromatic N) is 1. The fourth-order valence-electron chi connectivity index (χ4n) is 1.16. The molecule has 0 fully saturated rings. The smallest absolute Gasteiger partial charge is 0.189 e. The molecule has 0 bridgehead atoms. The molecule has 3 N–H and O–H groups in total. The normalized spacial score (nSPS) is 21.4. The van der Waals surface area contributed by atoms with Crippen LogP contribution in [0.4, 0.5) is 0 Å². The summed E-state index contributed by atoms with van der Waals surface area (Å²) in [5.74, 6) is 0.533. The first-order chi connectivity index (χ1) is 6.16. The summed E-state index contributed by atoms with van der Waals surface area (Å²) in [6.45, 7) is 0.727. The molecule has 0 saturated carbocycles. The zero-order valence-electron chi connectivity index (χ0n) is 6.55. The highest BCUT2D eigenvalue weighted by molar-refractivity contribution is 9.13. The largest absolute Gasteiger partial charge is 0.370 e. The summed E-state index contributed by atoms with van der Waals surface area (Å²) in [5.41, 5.74) is 5.53. The van der Waals surface area contributed by atoms with Gasteiger partial charge in [0.25, 0.3) is 0 Å². The summed E-state index contributed by atoms with van der Waals surface area (Å²) in [7, 11) is 0. The molecule has 1 aromatic heterocycles. The van der Waals surface area contributed by atoms with E-state index in [0.29, 0.717) is 5.96 Å². The predicted molar refractivity (Wildman–Crippen MR) is 62.1 cm³/mol. The number of rotatable bonds is 1. The lowest BCUT2D eigenvalue weighted by Gasteiger charge is -2.06. The van der Waals surface area contributed by atoms with Crippen molar-refractivity contribution in [3.05, 3.63) is 19.2 Å². The van der Waals surface area contributed by atoms with E-state index in [1.165, 1.54) is 4.88 Å². The monoisotopic (exact) mass is 323 g/mol. The van der Waals surface area contributed by atoms with Crippen molar-refractivity contribution in [1.29, 1.82) is 0 Å². The Morgan fingerprint density at radius 2 is 2.38 bits per heavy atom. The van der Waals surface area contributed by atoms with Crippen molar-refractivity contribution in [1.82, 2.24) is 5.32 Å². The van der Waals surface area contributed by atoms with E-state index in [0.717, 1.165) is 14.8 Å². The summed E-state index contributed by atoms with van der Waals surface area (Å²) in [5, 5.41) is 3.11. The van der Waals surface area contributed by atoms with Crippen molar-refractivity contribution in [2.75, 3.05) is 6.54 Å². The molecular formula is C7H7Br2N3S. The number of guanidine groups is 1. The third-order valence-electron chi connectivity index (χ3n) is 1.77. The van der Waals surface area contributed by atoms with E-state index in [2.05, 4.69) is 48.2 Å². The highest BCUT2D eigenvalue weighted by atomic mass is 79.9. The van der Waals surface area contributed by atoms with Crippen LogP contribution in [0.5, 0.6) is 0 Å². The number of halogens is 2. The van der Waals surface area contributed by atoms with Crippen LogP contribution in [0.2, 0.25) is 0 Å². The summed E-state index contributed by atoms with van der Waals surface area (Å²) in [4.78, 5) is 5.33. The molecular weight excluding hydrogens is 318 g/mol. The molecule has 0 amide bonds. The maximum absolute atomic E-state index is 5.53. The standard InChI is InChI=1S/C7H7Br2N3S/c8-3-1-5(13-6(3)9)4-2-11-7(10)12-4/h1,4H,2H2,(H3,10,11,12). The van der Waals surface area contributed by atoms with E-state index in [1.807, 2.05) is 0 Å². The van der Waals surface area contributed by atoms with Gasteiger partial charge in [-0.1, -0.05) is 0 Å². The van der Waals surface area contributed by atoms with Gasteiger partial charge in [-0.25, -0.2) is 0 Å². The lowest BCUT2D eigenvalue weighted by Crippen LogP contribution is -2.29. The molecule has 6 heteroatoms. The predicted octanol–water partition coefficient (Wildman–Crippen LogP) is 2.23. The summed E-state index contributed by atoms with van der Waals surface area (Å²) in [6, 6.07) is 2.33. The molecule has 1 aliphatic heterocycles. The number of nitrogens with one attached hydrogen (secondary N) is 1. The number of hydrogen-bond acceptors (Lipinski definition) is 4. The molecule has 0 saturated heterocycles. The number of aliphatic imine (C=N–C) groups is 1. The van der Waals surface area contributed by atoms with E-state index < -0.39 is 0 Å². The number of nitrogens with two attached hydrogens (primary N) is 1. The molecule has 70 valence electrons. The zero-order chi connectivity index (χ0) is 9.42. The van der Waals surface area contributed by atoms with E-state index in [4.69, 9.17) is 5.73 Å². The van der Waals surface area contributed by atoms with Crippen LogP contribution in [-0.2, 0) is 0 Å².